The molecule has 0 atom stereocenters. The largest absolute Gasteiger partial charge is 1.00 e. The topological polar surface area (TPSA) is 12.9 Å². The zero-order valence-corrected chi connectivity index (χ0v) is 11.9. The number of hydrogen-bond donors (Lipinski definition) is 0. The van der Waals surface area contributed by atoms with Gasteiger partial charge in [-0.1, -0.05) is 11.5 Å². The van der Waals surface area contributed by atoms with Gasteiger partial charge in [0.05, 0.1) is 5.69 Å². The number of pyridine rings is 1. The van der Waals surface area contributed by atoms with Crippen molar-refractivity contribution in [3.63, 3.8) is 0 Å². The van der Waals surface area contributed by atoms with E-state index in [0.717, 1.165) is 12.3 Å². The standard InChI is InChI=1S/C6H5BBrF3N.K/c1-4-6(8)2-5(3-12-4)7(9,10)11;/h2-3H,1H3;/q-1;+1. The molecule has 1 heterocycles. The minimum Gasteiger partial charge on any atom is -0.445 e. The molecule has 0 unspecified atom stereocenters. The Morgan fingerprint density at radius 1 is 1.38 bits per heavy atom. The van der Waals surface area contributed by atoms with Crippen LogP contribution < -0.4 is 56.8 Å². The zero-order chi connectivity index (χ0) is 9.35. The van der Waals surface area contributed by atoms with Crippen LogP contribution in [0.2, 0.25) is 0 Å². The smallest absolute Gasteiger partial charge is 0.445 e. The van der Waals surface area contributed by atoms with E-state index in [1.54, 1.807) is 6.92 Å². The van der Waals surface area contributed by atoms with Crippen molar-refractivity contribution < 1.29 is 64.3 Å². The minimum atomic E-state index is -4.93. The van der Waals surface area contributed by atoms with Gasteiger partial charge in [-0.25, -0.2) is 0 Å². The first-order valence-corrected chi connectivity index (χ1v) is 4.02. The molecule has 0 spiro atoms. The van der Waals surface area contributed by atoms with Crippen LogP contribution in [0, 0.1) is 6.92 Å². The molecule has 1 rings (SSSR count). The summed E-state index contributed by atoms with van der Waals surface area (Å²) in [6, 6.07) is 1.04. The van der Waals surface area contributed by atoms with Crippen LogP contribution in [0.3, 0.4) is 0 Å². The molecule has 0 aliphatic carbocycles. The fourth-order valence-corrected chi connectivity index (χ4v) is 1.07. The van der Waals surface area contributed by atoms with Crippen molar-refractivity contribution in [3.05, 3.63) is 22.4 Å². The first kappa shape index (κ1) is 14.1. The fourth-order valence-electron chi connectivity index (χ4n) is 0.700. The second-order valence-electron chi connectivity index (χ2n) is 2.41. The van der Waals surface area contributed by atoms with E-state index in [2.05, 4.69) is 20.9 Å². The van der Waals surface area contributed by atoms with Crippen LogP contribution in [0.5, 0.6) is 0 Å². The van der Waals surface area contributed by atoms with E-state index >= 15 is 0 Å². The van der Waals surface area contributed by atoms with E-state index in [1.807, 2.05) is 0 Å². The van der Waals surface area contributed by atoms with Gasteiger partial charge in [0.2, 0.25) is 0 Å². The van der Waals surface area contributed by atoms with E-state index < -0.39 is 12.4 Å². The van der Waals surface area contributed by atoms with Crippen LogP contribution in [0.4, 0.5) is 12.9 Å². The van der Waals surface area contributed by atoms with E-state index in [4.69, 9.17) is 0 Å². The number of aryl methyl sites for hydroxylation is 1. The molecule has 0 amide bonds. The summed E-state index contributed by atoms with van der Waals surface area (Å²) in [5, 5.41) is 0. The van der Waals surface area contributed by atoms with Gasteiger partial charge in [-0.05, 0) is 22.9 Å². The van der Waals surface area contributed by atoms with Crippen molar-refractivity contribution in [1.82, 2.24) is 4.98 Å². The van der Waals surface area contributed by atoms with Gasteiger partial charge in [-0.3, -0.25) is 4.98 Å². The van der Waals surface area contributed by atoms with Gasteiger partial charge in [0.1, 0.15) is 0 Å². The van der Waals surface area contributed by atoms with Crippen LogP contribution in [0.1, 0.15) is 5.69 Å². The summed E-state index contributed by atoms with van der Waals surface area (Å²) < 4.78 is 36.7. The number of halogens is 4. The molecule has 0 bridgehead atoms. The molecule has 7 heteroatoms. The van der Waals surface area contributed by atoms with Crippen molar-refractivity contribution >= 4 is 28.4 Å². The van der Waals surface area contributed by atoms with E-state index in [1.165, 1.54) is 0 Å². The first-order valence-electron chi connectivity index (χ1n) is 3.23. The van der Waals surface area contributed by atoms with Crippen molar-refractivity contribution in [1.29, 1.82) is 0 Å². The molecule has 1 aromatic heterocycles. The van der Waals surface area contributed by atoms with Crippen LogP contribution in [0.25, 0.3) is 0 Å². The maximum atomic E-state index is 12.1. The van der Waals surface area contributed by atoms with Gasteiger partial charge in [-0.15, -0.1) is 0 Å². The Morgan fingerprint density at radius 3 is 2.31 bits per heavy atom. The molecular weight excluding hydrogens is 273 g/mol. The molecule has 1 nitrogen and oxygen atoms in total. The Bertz CT molecular complexity index is 304. The van der Waals surface area contributed by atoms with Gasteiger partial charge < -0.3 is 12.9 Å². The number of hydrogen-bond acceptors (Lipinski definition) is 1. The predicted molar refractivity (Wildman–Crippen MR) is 45.4 cm³/mol. The second-order valence-corrected chi connectivity index (χ2v) is 3.26. The third-order valence-corrected chi connectivity index (χ3v) is 2.23. The summed E-state index contributed by atoms with van der Waals surface area (Å²) in [4.78, 5) is 3.59. The summed E-state index contributed by atoms with van der Waals surface area (Å²) in [5.74, 6) is 0. The minimum absolute atomic E-state index is 0. The molecule has 66 valence electrons. The summed E-state index contributed by atoms with van der Waals surface area (Å²) in [5.41, 5.74) is -0.119. The Kier molecular flexibility index (Phi) is 5.73. The SMILES string of the molecule is Cc1ncc([B-](F)(F)F)cc1Br.[K+]. The monoisotopic (exact) mass is 277 g/mol. The van der Waals surface area contributed by atoms with Crippen molar-refractivity contribution in [2.45, 2.75) is 6.92 Å². The summed E-state index contributed by atoms with van der Waals surface area (Å²) in [6.45, 7) is -3.29. The maximum Gasteiger partial charge on any atom is 1.00 e. The Balaban J connectivity index is 0.00000144. The van der Waals surface area contributed by atoms with Crippen LogP contribution >= 0.6 is 15.9 Å². The molecular formula is C6H5BBrF3KN. The molecule has 0 saturated heterocycles. The van der Waals surface area contributed by atoms with Crippen molar-refractivity contribution in [3.8, 4) is 0 Å². The molecule has 0 N–H and O–H groups in total. The summed E-state index contributed by atoms with van der Waals surface area (Å²) in [7, 11) is 0. The van der Waals surface area contributed by atoms with E-state index in [-0.39, 0.29) is 51.4 Å². The van der Waals surface area contributed by atoms with Gasteiger partial charge in [-0.2, -0.15) is 0 Å². The third-order valence-electron chi connectivity index (χ3n) is 1.42. The number of aromatic nitrogens is 1. The number of nitrogens with zero attached hydrogens (tertiary/aromatic N) is 1. The molecule has 0 aliphatic heterocycles. The summed E-state index contributed by atoms with van der Waals surface area (Å²) >= 11 is 2.99. The van der Waals surface area contributed by atoms with Gasteiger partial charge in [0, 0.05) is 10.7 Å². The van der Waals surface area contributed by atoms with Gasteiger partial charge in [0.15, 0.2) is 0 Å². The molecule has 0 fully saturated rings. The molecule has 0 radical (unpaired) electrons. The van der Waals surface area contributed by atoms with Gasteiger partial charge >= 0.3 is 58.4 Å². The zero-order valence-electron chi connectivity index (χ0n) is 7.19. The average molecular weight is 278 g/mol. The molecule has 1 aromatic rings. The maximum absolute atomic E-state index is 12.1. The normalized spacial score (nSPS) is 10.8. The van der Waals surface area contributed by atoms with Crippen LogP contribution in [-0.2, 0) is 0 Å². The quantitative estimate of drug-likeness (QED) is 0.614. The average Bonchev–Trinajstić information content (AvgIpc) is 1.92. The van der Waals surface area contributed by atoms with Crippen molar-refractivity contribution in [2.75, 3.05) is 0 Å². The first-order chi connectivity index (χ1) is 5.41. The van der Waals surface area contributed by atoms with Gasteiger partial charge in [0.25, 0.3) is 0 Å². The fraction of sp³-hybridized carbons (Fsp3) is 0.167. The molecule has 13 heavy (non-hydrogen) atoms. The van der Waals surface area contributed by atoms with Crippen LogP contribution in [0.15, 0.2) is 16.7 Å². The van der Waals surface area contributed by atoms with Crippen LogP contribution in [-0.4, -0.2) is 12.0 Å². The Hall–Kier alpha value is 1.12. The third kappa shape index (κ3) is 4.01. The molecule has 0 saturated carbocycles. The van der Waals surface area contributed by atoms with E-state index in [9.17, 15) is 12.9 Å². The summed E-state index contributed by atoms with van der Waals surface area (Å²) in [6.07, 6.45) is 0.847. The number of rotatable bonds is 1. The Labute approximate surface area is 125 Å². The predicted octanol–water partition coefficient (Wildman–Crippen LogP) is -0.789. The molecule has 0 aromatic carbocycles. The van der Waals surface area contributed by atoms with Crippen molar-refractivity contribution in [2.24, 2.45) is 0 Å². The molecule has 0 aliphatic rings. The van der Waals surface area contributed by atoms with E-state index in [0.29, 0.717) is 10.2 Å². The Morgan fingerprint density at radius 2 is 1.92 bits per heavy atom. The second kappa shape index (κ2) is 5.27.